The number of esters is 2. The number of hydrogen-bond acceptors (Lipinski definition) is 6. The molecule has 3 aromatic rings. The van der Waals surface area contributed by atoms with Gasteiger partial charge in [-0.25, -0.2) is 4.79 Å². The zero-order chi connectivity index (χ0) is 20.8. The van der Waals surface area contributed by atoms with E-state index in [2.05, 4.69) is 5.32 Å². The predicted molar refractivity (Wildman–Crippen MR) is 107 cm³/mol. The van der Waals surface area contributed by atoms with E-state index in [-0.39, 0.29) is 17.9 Å². The molecule has 0 fully saturated rings. The van der Waals surface area contributed by atoms with Crippen molar-refractivity contribution in [3.05, 3.63) is 66.2 Å². The van der Waals surface area contributed by atoms with Crippen LogP contribution in [0.5, 0.6) is 11.5 Å². The second-order valence-electron chi connectivity index (χ2n) is 6.11. The normalized spacial score (nSPS) is 10.3. The monoisotopic (exact) mass is 393 g/mol. The lowest BCUT2D eigenvalue weighted by molar-refractivity contribution is -0.131. The first kappa shape index (κ1) is 19.9. The summed E-state index contributed by atoms with van der Waals surface area (Å²) in [5.74, 6) is -1.03. The number of amides is 1. The number of nitrogens with one attached hydrogen (secondary N) is 1. The summed E-state index contributed by atoms with van der Waals surface area (Å²) < 4.78 is 15.3. The second-order valence-corrected chi connectivity index (χ2v) is 6.11. The molecule has 7 heteroatoms. The highest BCUT2D eigenvalue weighted by Gasteiger charge is 2.16. The molecule has 0 saturated heterocycles. The van der Waals surface area contributed by atoms with E-state index in [1.807, 2.05) is 36.4 Å². The Morgan fingerprint density at radius 2 is 1.69 bits per heavy atom. The van der Waals surface area contributed by atoms with Gasteiger partial charge in [-0.05, 0) is 29.7 Å². The molecular weight excluding hydrogens is 374 g/mol. The van der Waals surface area contributed by atoms with Crippen molar-refractivity contribution in [3.8, 4) is 11.5 Å². The molecule has 0 saturated carbocycles. The largest absolute Gasteiger partial charge is 0.483 e. The predicted octanol–water partition coefficient (Wildman–Crippen LogP) is 3.57. The number of benzene rings is 3. The highest BCUT2D eigenvalue weighted by Crippen LogP contribution is 2.26. The minimum absolute atomic E-state index is 0.0236. The maximum Gasteiger partial charge on any atom is 0.341 e. The second kappa shape index (κ2) is 8.88. The standard InChI is InChI=1S/C22H19NO6/c1-14(24)29-20-11-10-16(12-18(20)22(26)27-2)23-21(25)13-28-19-9-5-7-15-6-3-4-8-17(15)19/h3-12H,13H2,1-2H3,(H,23,25). The first-order valence-corrected chi connectivity index (χ1v) is 8.79. The van der Waals surface area contributed by atoms with Crippen LogP contribution in [0, 0.1) is 0 Å². The maximum absolute atomic E-state index is 12.3. The molecule has 3 rings (SSSR count). The summed E-state index contributed by atoms with van der Waals surface area (Å²) in [7, 11) is 1.21. The molecule has 7 nitrogen and oxygen atoms in total. The zero-order valence-electron chi connectivity index (χ0n) is 15.9. The van der Waals surface area contributed by atoms with E-state index in [0.717, 1.165) is 10.8 Å². The molecule has 0 bridgehead atoms. The van der Waals surface area contributed by atoms with Crippen molar-refractivity contribution in [2.75, 3.05) is 19.0 Å². The van der Waals surface area contributed by atoms with Crippen LogP contribution in [-0.2, 0) is 14.3 Å². The highest BCUT2D eigenvalue weighted by molar-refractivity contribution is 5.97. The minimum Gasteiger partial charge on any atom is -0.483 e. The van der Waals surface area contributed by atoms with Crippen molar-refractivity contribution in [3.63, 3.8) is 0 Å². The third-order valence-corrected chi connectivity index (χ3v) is 4.03. The van der Waals surface area contributed by atoms with Crippen LogP contribution in [-0.4, -0.2) is 31.6 Å². The molecule has 0 aromatic heterocycles. The molecule has 0 atom stereocenters. The molecular formula is C22H19NO6. The van der Waals surface area contributed by atoms with Crippen LogP contribution in [0.25, 0.3) is 10.8 Å². The van der Waals surface area contributed by atoms with Crippen molar-refractivity contribution in [2.24, 2.45) is 0 Å². The zero-order valence-corrected chi connectivity index (χ0v) is 15.9. The van der Waals surface area contributed by atoms with Crippen molar-refractivity contribution in [1.29, 1.82) is 0 Å². The molecule has 0 unspecified atom stereocenters. The Labute approximate surface area is 167 Å². The van der Waals surface area contributed by atoms with Gasteiger partial charge in [0.25, 0.3) is 5.91 Å². The van der Waals surface area contributed by atoms with Crippen molar-refractivity contribution in [2.45, 2.75) is 6.92 Å². The highest BCUT2D eigenvalue weighted by atomic mass is 16.5. The average molecular weight is 393 g/mol. The summed E-state index contributed by atoms with van der Waals surface area (Å²) >= 11 is 0. The Morgan fingerprint density at radius 3 is 2.45 bits per heavy atom. The number of carbonyl (C=O) groups is 3. The molecule has 148 valence electrons. The van der Waals surface area contributed by atoms with Crippen LogP contribution in [0.3, 0.4) is 0 Å². The van der Waals surface area contributed by atoms with E-state index < -0.39 is 17.8 Å². The number of hydrogen-bond donors (Lipinski definition) is 1. The Morgan fingerprint density at radius 1 is 0.931 bits per heavy atom. The summed E-state index contributed by atoms with van der Waals surface area (Å²) in [6, 6.07) is 17.6. The van der Waals surface area contributed by atoms with Crippen LogP contribution in [0.4, 0.5) is 5.69 Å². The Balaban J connectivity index is 1.71. The van der Waals surface area contributed by atoms with Gasteiger partial charge in [-0.2, -0.15) is 0 Å². The molecule has 29 heavy (non-hydrogen) atoms. The lowest BCUT2D eigenvalue weighted by atomic mass is 10.1. The van der Waals surface area contributed by atoms with Crippen molar-refractivity contribution < 1.29 is 28.6 Å². The van der Waals surface area contributed by atoms with E-state index >= 15 is 0 Å². The van der Waals surface area contributed by atoms with Gasteiger partial charge in [-0.3, -0.25) is 9.59 Å². The van der Waals surface area contributed by atoms with E-state index in [9.17, 15) is 14.4 Å². The van der Waals surface area contributed by atoms with Gasteiger partial charge in [0.1, 0.15) is 17.1 Å². The van der Waals surface area contributed by atoms with Crippen LogP contribution < -0.4 is 14.8 Å². The fourth-order valence-electron chi connectivity index (χ4n) is 2.78. The van der Waals surface area contributed by atoms with Gasteiger partial charge in [0.05, 0.1) is 7.11 Å². The first-order chi connectivity index (χ1) is 14.0. The molecule has 1 amide bonds. The number of methoxy groups -OCH3 is 1. The maximum atomic E-state index is 12.3. The van der Waals surface area contributed by atoms with Crippen molar-refractivity contribution >= 4 is 34.3 Å². The van der Waals surface area contributed by atoms with Crippen molar-refractivity contribution in [1.82, 2.24) is 0 Å². The smallest absolute Gasteiger partial charge is 0.341 e. The van der Waals surface area contributed by atoms with E-state index in [0.29, 0.717) is 11.4 Å². The Bertz CT molecular complexity index is 1070. The topological polar surface area (TPSA) is 90.9 Å². The SMILES string of the molecule is COC(=O)c1cc(NC(=O)COc2cccc3ccccc23)ccc1OC(C)=O. The van der Waals surface area contributed by atoms with E-state index in [1.54, 1.807) is 6.07 Å². The van der Waals surface area contributed by atoms with Gasteiger partial charge in [-0.1, -0.05) is 36.4 Å². The van der Waals surface area contributed by atoms with Gasteiger partial charge < -0.3 is 19.5 Å². The molecule has 0 aliphatic carbocycles. The summed E-state index contributed by atoms with van der Waals surface area (Å²) in [5.41, 5.74) is 0.364. The summed E-state index contributed by atoms with van der Waals surface area (Å²) in [6.07, 6.45) is 0. The first-order valence-electron chi connectivity index (χ1n) is 8.79. The fourth-order valence-corrected chi connectivity index (χ4v) is 2.78. The lowest BCUT2D eigenvalue weighted by Crippen LogP contribution is -2.20. The Hall–Kier alpha value is -3.87. The number of rotatable bonds is 6. The molecule has 3 aromatic carbocycles. The van der Waals surface area contributed by atoms with Gasteiger partial charge in [-0.15, -0.1) is 0 Å². The number of fused-ring (bicyclic) bond motifs is 1. The summed E-state index contributed by atoms with van der Waals surface area (Å²) in [6.45, 7) is 1.01. The number of anilines is 1. The van der Waals surface area contributed by atoms with Crippen LogP contribution in [0.1, 0.15) is 17.3 Å². The van der Waals surface area contributed by atoms with Gasteiger partial charge in [0.2, 0.25) is 0 Å². The number of carbonyl (C=O) groups excluding carboxylic acids is 3. The molecule has 0 radical (unpaired) electrons. The molecule has 0 aliphatic rings. The summed E-state index contributed by atoms with van der Waals surface area (Å²) in [4.78, 5) is 35.4. The van der Waals surface area contributed by atoms with Gasteiger partial charge in [0, 0.05) is 18.0 Å². The molecule has 0 heterocycles. The van der Waals surface area contributed by atoms with Crippen LogP contribution >= 0.6 is 0 Å². The van der Waals surface area contributed by atoms with Gasteiger partial charge >= 0.3 is 11.9 Å². The third-order valence-electron chi connectivity index (χ3n) is 4.03. The summed E-state index contributed by atoms with van der Waals surface area (Å²) in [5, 5.41) is 4.56. The lowest BCUT2D eigenvalue weighted by Gasteiger charge is -2.12. The van der Waals surface area contributed by atoms with E-state index in [4.69, 9.17) is 14.2 Å². The number of ether oxygens (including phenoxy) is 3. The quantitative estimate of drug-likeness (QED) is 0.509. The minimum atomic E-state index is -0.690. The van der Waals surface area contributed by atoms with Crippen LogP contribution in [0.15, 0.2) is 60.7 Å². The average Bonchev–Trinajstić information content (AvgIpc) is 2.72. The fraction of sp³-hybridized carbons (Fsp3) is 0.136. The molecule has 0 aliphatic heterocycles. The third kappa shape index (κ3) is 4.90. The molecule has 0 spiro atoms. The van der Waals surface area contributed by atoms with E-state index in [1.165, 1.54) is 32.2 Å². The molecule has 1 N–H and O–H groups in total. The van der Waals surface area contributed by atoms with Gasteiger partial charge in [0.15, 0.2) is 6.61 Å². The van der Waals surface area contributed by atoms with Crippen LogP contribution in [0.2, 0.25) is 0 Å². The Kier molecular flexibility index (Phi) is 6.09.